The quantitative estimate of drug-likeness (QED) is 0.788. The molecule has 26 heavy (non-hydrogen) atoms. The fourth-order valence-corrected chi connectivity index (χ4v) is 2.88. The van der Waals surface area contributed by atoms with Crippen molar-refractivity contribution in [2.75, 3.05) is 26.7 Å². The van der Waals surface area contributed by atoms with Crippen LogP contribution >= 0.6 is 0 Å². The van der Waals surface area contributed by atoms with Crippen LogP contribution in [0.2, 0.25) is 0 Å². The van der Waals surface area contributed by atoms with Crippen LogP contribution in [0, 0.1) is 5.82 Å². The highest BCUT2D eigenvalue weighted by molar-refractivity contribution is 6.01. The average Bonchev–Trinajstić information content (AvgIpc) is 3.09. The molecule has 3 rings (SSSR count). The Balaban J connectivity index is 1.40. The van der Waals surface area contributed by atoms with Gasteiger partial charge in [0.05, 0.1) is 5.71 Å². The number of aliphatic hydroxyl groups is 1. The number of rotatable bonds is 8. The van der Waals surface area contributed by atoms with Crippen molar-refractivity contribution in [2.45, 2.75) is 18.6 Å². The summed E-state index contributed by atoms with van der Waals surface area (Å²) >= 11 is 0. The van der Waals surface area contributed by atoms with Gasteiger partial charge in [0.25, 0.3) is 0 Å². The van der Waals surface area contributed by atoms with Gasteiger partial charge in [-0.2, -0.15) is 0 Å². The zero-order valence-electron chi connectivity index (χ0n) is 14.7. The van der Waals surface area contributed by atoms with Gasteiger partial charge in [0, 0.05) is 19.5 Å². The highest BCUT2D eigenvalue weighted by atomic mass is 19.1. The Morgan fingerprint density at radius 1 is 1.23 bits per heavy atom. The van der Waals surface area contributed by atoms with Gasteiger partial charge in [-0.15, -0.1) is 0 Å². The average molecular weight is 358 g/mol. The van der Waals surface area contributed by atoms with Crippen molar-refractivity contribution in [3.63, 3.8) is 0 Å². The van der Waals surface area contributed by atoms with E-state index in [0.29, 0.717) is 19.5 Å². The minimum Gasteiger partial charge on any atom is -0.491 e. The van der Waals surface area contributed by atoms with Crippen LogP contribution in [0.5, 0.6) is 5.75 Å². The number of benzene rings is 2. The number of hydrogen-bond donors (Lipinski definition) is 1. The maximum atomic E-state index is 13.0. The molecule has 0 aromatic heterocycles. The van der Waals surface area contributed by atoms with E-state index in [1.54, 1.807) is 12.1 Å². The Hall–Kier alpha value is -2.44. The molecule has 138 valence electrons. The normalized spacial score (nSPS) is 17.7. The number of aliphatic hydroxyl groups excluding tert-OH is 1. The van der Waals surface area contributed by atoms with E-state index >= 15 is 0 Å². The Bertz CT molecular complexity index is 722. The number of para-hydroxylation sites is 1. The third-order valence-corrected chi connectivity index (χ3v) is 4.13. The smallest absolute Gasteiger partial charge is 0.145 e. The van der Waals surface area contributed by atoms with Gasteiger partial charge in [-0.3, -0.25) is 4.90 Å². The lowest BCUT2D eigenvalue weighted by atomic mass is 10.0. The van der Waals surface area contributed by atoms with Gasteiger partial charge in [0.15, 0.2) is 0 Å². The van der Waals surface area contributed by atoms with Crippen molar-refractivity contribution >= 4 is 5.71 Å². The van der Waals surface area contributed by atoms with E-state index in [4.69, 9.17) is 9.57 Å². The second kappa shape index (κ2) is 8.78. The summed E-state index contributed by atoms with van der Waals surface area (Å²) in [6.45, 7) is 1.34. The predicted molar refractivity (Wildman–Crippen MR) is 97.9 cm³/mol. The number of ether oxygens (including phenoxy) is 1. The molecule has 0 radical (unpaired) electrons. The van der Waals surface area contributed by atoms with Crippen molar-refractivity contribution in [2.24, 2.45) is 5.16 Å². The second-order valence-corrected chi connectivity index (χ2v) is 6.48. The molecule has 2 aromatic rings. The molecule has 2 atom stereocenters. The van der Waals surface area contributed by atoms with Crippen LogP contribution in [-0.4, -0.2) is 54.7 Å². The molecule has 0 aliphatic carbocycles. The molecule has 1 aliphatic heterocycles. The van der Waals surface area contributed by atoms with Crippen LogP contribution in [0.4, 0.5) is 4.39 Å². The summed E-state index contributed by atoms with van der Waals surface area (Å²) in [7, 11) is 1.92. The Kier molecular flexibility index (Phi) is 6.20. The van der Waals surface area contributed by atoms with Crippen molar-refractivity contribution in [3.05, 3.63) is 66.0 Å². The lowest BCUT2D eigenvalue weighted by molar-refractivity contribution is 0.0333. The number of likely N-dealkylation sites (N-methyl/N-ethyl adjacent to an activating group) is 1. The van der Waals surface area contributed by atoms with Gasteiger partial charge in [-0.25, -0.2) is 4.39 Å². The summed E-state index contributed by atoms with van der Waals surface area (Å²) in [5.41, 5.74) is 1.68. The van der Waals surface area contributed by atoms with Gasteiger partial charge in [0.1, 0.15) is 30.4 Å². The van der Waals surface area contributed by atoms with Gasteiger partial charge < -0.3 is 14.7 Å². The van der Waals surface area contributed by atoms with Crippen LogP contribution < -0.4 is 4.74 Å². The number of nitrogens with zero attached hydrogens (tertiary/aromatic N) is 2. The first-order valence-corrected chi connectivity index (χ1v) is 8.63. The second-order valence-electron chi connectivity index (χ2n) is 6.48. The van der Waals surface area contributed by atoms with Gasteiger partial charge in [-0.05, 0) is 36.9 Å². The van der Waals surface area contributed by atoms with E-state index in [1.165, 1.54) is 12.1 Å². The van der Waals surface area contributed by atoms with E-state index in [0.717, 1.165) is 17.0 Å². The van der Waals surface area contributed by atoms with Crippen LogP contribution in [0.15, 0.2) is 59.8 Å². The summed E-state index contributed by atoms with van der Waals surface area (Å²) < 4.78 is 18.6. The molecule has 0 saturated carbocycles. The van der Waals surface area contributed by atoms with Crippen LogP contribution in [0.3, 0.4) is 0 Å². The zero-order chi connectivity index (χ0) is 18.4. The lowest BCUT2D eigenvalue weighted by Gasteiger charge is -2.22. The minimum absolute atomic E-state index is 0.0812. The van der Waals surface area contributed by atoms with E-state index in [1.807, 2.05) is 42.3 Å². The van der Waals surface area contributed by atoms with Crippen LogP contribution in [0.25, 0.3) is 0 Å². The monoisotopic (exact) mass is 358 g/mol. The molecule has 2 aromatic carbocycles. The first-order chi connectivity index (χ1) is 12.6. The standard InChI is InChI=1S/C20H23FN2O3/c1-23(12-17(24)14-25-18-5-3-2-4-6-18)13-19-11-20(22-26-19)15-7-9-16(21)10-8-15/h2-10,17,19,24H,11-14H2,1H3. The highest BCUT2D eigenvalue weighted by Crippen LogP contribution is 2.18. The summed E-state index contributed by atoms with van der Waals surface area (Å²) in [5.74, 6) is 0.474. The highest BCUT2D eigenvalue weighted by Gasteiger charge is 2.24. The van der Waals surface area contributed by atoms with E-state index < -0.39 is 6.10 Å². The van der Waals surface area contributed by atoms with Crippen molar-refractivity contribution in [1.29, 1.82) is 0 Å². The minimum atomic E-state index is -0.598. The summed E-state index contributed by atoms with van der Waals surface area (Å²) in [6.07, 6.45) is -0.0200. The Labute approximate surface area is 152 Å². The molecule has 2 unspecified atom stereocenters. The van der Waals surface area contributed by atoms with E-state index in [9.17, 15) is 9.50 Å². The summed E-state index contributed by atoms with van der Waals surface area (Å²) in [5, 5.41) is 14.2. The lowest BCUT2D eigenvalue weighted by Crippen LogP contribution is -2.37. The molecule has 6 heteroatoms. The summed E-state index contributed by atoms with van der Waals surface area (Å²) in [4.78, 5) is 7.46. The fourth-order valence-electron chi connectivity index (χ4n) is 2.88. The third kappa shape index (κ3) is 5.28. The molecule has 5 nitrogen and oxygen atoms in total. The molecule has 1 N–H and O–H groups in total. The first kappa shape index (κ1) is 18.4. The summed E-state index contributed by atoms with van der Waals surface area (Å²) in [6, 6.07) is 15.7. The van der Waals surface area contributed by atoms with Crippen molar-refractivity contribution in [1.82, 2.24) is 4.90 Å². The van der Waals surface area contributed by atoms with E-state index in [-0.39, 0.29) is 18.5 Å². The zero-order valence-corrected chi connectivity index (χ0v) is 14.7. The molecule has 0 amide bonds. The third-order valence-electron chi connectivity index (χ3n) is 4.13. The van der Waals surface area contributed by atoms with Crippen molar-refractivity contribution < 1.29 is 19.1 Å². The molecule has 1 heterocycles. The number of hydrogen-bond acceptors (Lipinski definition) is 5. The molecule has 0 fully saturated rings. The largest absolute Gasteiger partial charge is 0.491 e. The Morgan fingerprint density at radius 2 is 1.96 bits per heavy atom. The molecule has 0 bridgehead atoms. The maximum absolute atomic E-state index is 13.0. The topological polar surface area (TPSA) is 54.3 Å². The fraction of sp³-hybridized carbons (Fsp3) is 0.350. The molecule has 0 spiro atoms. The van der Waals surface area contributed by atoms with Gasteiger partial charge >= 0.3 is 0 Å². The van der Waals surface area contributed by atoms with Gasteiger partial charge in [-0.1, -0.05) is 35.5 Å². The van der Waals surface area contributed by atoms with Gasteiger partial charge in [0.2, 0.25) is 0 Å². The predicted octanol–water partition coefficient (Wildman–Crippen LogP) is 2.69. The first-order valence-electron chi connectivity index (χ1n) is 8.63. The molecular formula is C20H23FN2O3. The SMILES string of the molecule is CN(CC(O)COc1ccccc1)CC1CC(c2ccc(F)cc2)=NO1. The van der Waals surface area contributed by atoms with Crippen LogP contribution in [0.1, 0.15) is 12.0 Å². The molecule has 1 aliphatic rings. The van der Waals surface area contributed by atoms with E-state index in [2.05, 4.69) is 5.16 Å². The molecule has 0 saturated heterocycles. The molecular weight excluding hydrogens is 335 g/mol. The van der Waals surface area contributed by atoms with Crippen LogP contribution in [-0.2, 0) is 4.84 Å². The van der Waals surface area contributed by atoms with Crippen molar-refractivity contribution in [3.8, 4) is 5.75 Å². The maximum Gasteiger partial charge on any atom is 0.145 e. The Morgan fingerprint density at radius 3 is 2.69 bits per heavy atom. The number of oxime groups is 1. The number of halogens is 1.